The summed E-state index contributed by atoms with van der Waals surface area (Å²) in [7, 11) is 0. The van der Waals surface area contributed by atoms with Crippen LogP contribution < -0.4 is 0 Å². The van der Waals surface area contributed by atoms with Crippen LogP contribution in [0.5, 0.6) is 0 Å². The summed E-state index contributed by atoms with van der Waals surface area (Å²) >= 11 is 0. The van der Waals surface area contributed by atoms with Gasteiger partial charge in [-0.25, -0.2) is 0 Å². The molecule has 5 rings (SSSR count). The SMILES string of the molecule is O=C(C(c1ccccc1)c1ccccc1)N1CCCC(c2nnc(-c3ccc(C(F)(F)F)cc3)o2)C1. The van der Waals surface area contributed by atoms with Crippen LogP contribution >= 0.6 is 0 Å². The molecule has 1 unspecified atom stereocenters. The number of nitrogens with zero attached hydrogens (tertiary/aromatic N) is 3. The highest BCUT2D eigenvalue weighted by atomic mass is 19.4. The minimum Gasteiger partial charge on any atom is -0.420 e. The number of amides is 1. The summed E-state index contributed by atoms with van der Waals surface area (Å²) in [6, 6.07) is 24.1. The Labute approximate surface area is 206 Å². The number of halogens is 3. The summed E-state index contributed by atoms with van der Waals surface area (Å²) in [6.45, 7) is 1.06. The van der Waals surface area contributed by atoms with Gasteiger partial charge < -0.3 is 9.32 Å². The second-order valence-corrected chi connectivity index (χ2v) is 8.90. The van der Waals surface area contributed by atoms with Gasteiger partial charge >= 0.3 is 6.18 Å². The van der Waals surface area contributed by atoms with Gasteiger partial charge in [-0.2, -0.15) is 13.2 Å². The Bertz CT molecular complexity index is 1270. The van der Waals surface area contributed by atoms with Gasteiger partial charge in [0.2, 0.25) is 17.7 Å². The lowest BCUT2D eigenvalue weighted by molar-refractivity contribution is -0.137. The quantitative estimate of drug-likeness (QED) is 0.329. The Kier molecular flexibility index (Phi) is 6.59. The molecule has 0 N–H and O–H groups in total. The summed E-state index contributed by atoms with van der Waals surface area (Å²) in [4.78, 5) is 15.6. The highest BCUT2D eigenvalue weighted by molar-refractivity contribution is 5.87. The molecule has 0 bridgehead atoms. The van der Waals surface area contributed by atoms with E-state index >= 15 is 0 Å². The number of carbonyl (C=O) groups is 1. The molecule has 1 aliphatic heterocycles. The summed E-state index contributed by atoms with van der Waals surface area (Å²) in [6.07, 6.45) is -2.85. The number of carbonyl (C=O) groups excluding carboxylic acids is 1. The molecular weight excluding hydrogens is 467 g/mol. The van der Waals surface area contributed by atoms with Gasteiger partial charge in [0, 0.05) is 18.7 Å². The average molecular weight is 492 g/mol. The molecule has 5 nitrogen and oxygen atoms in total. The molecule has 1 fully saturated rings. The van der Waals surface area contributed by atoms with Crippen molar-refractivity contribution < 1.29 is 22.4 Å². The fourth-order valence-corrected chi connectivity index (χ4v) is 4.65. The lowest BCUT2D eigenvalue weighted by Crippen LogP contribution is -2.42. The van der Waals surface area contributed by atoms with Crippen molar-refractivity contribution in [2.45, 2.75) is 30.9 Å². The molecule has 1 aliphatic rings. The molecule has 0 radical (unpaired) electrons. The van der Waals surface area contributed by atoms with Crippen LogP contribution in [-0.4, -0.2) is 34.1 Å². The van der Waals surface area contributed by atoms with Crippen LogP contribution in [0, 0.1) is 0 Å². The molecule has 184 valence electrons. The first-order valence-corrected chi connectivity index (χ1v) is 11.8. The van der Waals surface area contributed by atoms with Gasteiger partial charge in [-0.05, 0) is 48.2 Å². The van der Waals surface area contributed by atoms with Crippen LogP contribution in [0.25, 0.3) is 11.5 Å². The van der Waals surface area contributed by atoms with Gasteiger partial charge in [-0.3, -0.25) is 4.79 Å². The maximum atomic E-state index is 13.8. The third-order valence-corrected chi connectivity index (χ3v) is 6.49. The summed E-state index contributed by atoms with van der Waals surface area (Å²) in [5.74, 6) is -0.00583. The summed E-state index contributed by atoms with van der Waals surface area (Å²) in [5, 5.41) is 8.22. The Hall–Kier alpha value is -3.94. The number of alkyl halides is 3. The van der Waals surface area contributed by atoms with Crippen LogP contribution in [0.1, 0.15) is 47.3 Å². The van der Waals surface area contributed by atoms with Crippen LogP contribution in [0.4, 0.5) is 13.2 Å². The molecule has 2 heterocycles. The van der Waals surface area contributed by atoms with Gasteiger partial charge in [0.05, 0.1) is 17.4 Å². The predicted octanol–water partition coefficient (Wildman–Crippen LogP) is 6.29. The number of hydrogen-bond donors (Lipinski definition) is 0. The predicted molar refractivity (Wildman–Crippen MR) is 128 cm³/mol. The zero-order valence-corrected chi connectivity index (χ0v) is 19.4. The molecule has 1 aromatic heterocycles. The van der Waals surface area contributed by atoms with Gasteiger partial charge in [-0.1, -0.05) is 60.7 Å². The van der Waals surface area contributed by atoms with E-state index in [4.69, 9.17) is 4.42 Å². The first-order chi connectivity index (χ1) is 17.4. The standard InChI is InChI=1S/C28H24F3N3O2/c29-28(30,31)23-15-13-21(14-16-23)25-32-33-26(36-25)22-12-7-17-34(18-22)27(35)24(19-8-3-1-4-9-19)20-10-5-2-6-11-20/h1-6,8-11,13-16,22,24H,7,12,17-18H2. The van der Waals surface area contributed by atoms with E-state index in [1.807, 2.05) is 65.6 Å². The Morgan fingerprint density at radius 3 is 2.08 bits per heavy atom. The van der Waals surface area contributed by atoms with Crippen LogP contribution in [0.2, 0.25) is 0 Å². The molecule has 0 aliphatic carbocycles. The Balaban J connectivity index is 1.35. The van der Waals surface area contributed by atoms with Gasteiger partial charge in [-0.15, -0.1) is 10.2 Å². The molecule has 8 heteroatoms. The lowest BCUT2D eigenvalue weighted by Gasteiger charge is -2.34. The third kappa shape index (κ3) is 5.03. The van der Waals surface area contributed by atoms with E-state index in [9.17, 15) is 18.0 Å². The second kappa shape index (κ2) is 9.97. The molecule has 36 heavy (non-hydrogen) atoms. The zero-order chi connectivity index (χ0) is 25.1. The molecule has 1 atom stereocenters. The largest absolute Gasteiger partial charge is 0.420 e. The fourth-order valence-electron chi connectivity index (χ4n) is 4.65. The number of rotatable bonds is 5. The van der Waals surface area contributed by atoms with Crippen molar-refractivity contribution in [3.63, 3.8) is 0 Å². The van der Waals surface area contributed by atoms with E-state index in [2.05, 4.69) is 10.2 Å². The first kappa shape index (κ1) is 23.8. The van der Waals surface area contributed by atoms with E-state index in [1.54, 1.807) is 0 Å². The summed E-state index contributed by atoms with van der Waals surface area (Å²) in [5.41, 5.74) is 1.54. The lowest BCUT2D eigenvalue weighted by atomic mass is 9.88. The Morgan fingerprint density at radius 2 is 1.50 bits per heavy atom. The normalized spacial score (nSPS) is 16.3. The zero-order valence-electron chi connectivity index (χ0n) is 19.4. The summed E-state index contributed by atoms with van der Waals surface area (Å²) < 4.78 is 44.4. The smallest absolute Gasteiger partial charge is 0.416 e. The monoisotopic (exact) mass is 491 g/mol. The van der Waals surface area contributed by atoms with E-state index < -0.39 is 17.7 Å². The topological polar surface area (TPSA) is 59.2 Å². The highest BCUT2D eigenvalue weighted by Gasteiger charge is 2.34. The highest BCUT2D eigenvalue weighted by Crippen LogP contribution is 2.34. The van der Waals surface area contributed by atoms with E-state index in [0.29, 0.717) is 24.5 Å². The van der Waals surface area contributed by atoms with E-state index in [1.165, 1.54) is 12.1 Å². The molecule has 1 saturated heterocycles. The molecular formula is C28H24F3N3O2. The maximum absolute atomic E-state index is 13.8. The first-order valence-electron chi connectivity index (χ1n) is 11.8. The minimum absolute atomic E-state index is 0.0135. The third-order valence-electron chi connectivity index (χ3n) is 6.49. The molecule has 1 amide bonds. The van der Waals surface area contributed by atoms with Crippen molar-refractivity contribution in [2.24, 2.45) is 0 Å². The number of hydrogen-bond acceptors (Lipinski definition) is 4. The van der Waals surface area contributed by atoms with Gasteiger partial charge in [0.15, 0.2) is 0 Å². The number of piperidine rings is 1. The molecule has 4 aromatic rings. The number of benzene rings is 3. The van der Waals surface area contributed by atoms with E-state index in [-0.39, 0.29) is 17.7 Å². The fraction of sp³-hybridized carbons (Fsp3) is 0.250. The van der Waals surface area contributed by atoms with E-state index in [0.717, 1.165) is 36.1 Å². The molecule has 0 saturated carbocycles. The van der Waals surface area contributed by atoms with Crippen LogP contribution in [0.3, 0.4) is 0 Å². The minimum atomic E-state index is -4.41. The maximum Gasteiger partial charge on any atom is 0.416 e. The van der Waals surface area contributed by atoms with Crippen LogP contribution in [-0.2, 0) is 11.0 Å². The van der Waals surface area contributed by atoms with Crippen molar-refractivity contribution in [2.75, 3.05) is 13.1 Å². The van der Waals surface area contributed by atoms with Crippen molar-refractivity contribution in [3.8, 4) is 11.5 Å². The van der Waals surface area contributed by atoms with Crippen molar-refractivity contribution >= 4 is 5.91 Å². The van der Waals surface area contributed by atoms with Crippen LogP contribution in [0.15, 0.2) is 89.3 Å². The van der Waals surface area contributed by atoms with Crippen molar-refractivity contribution in [3.05, 3.63) is 108 Å². The van der Waals surface area contributed by atoms with Gasteiger partial charge in [0.1, 0.15) is 0 Å². The van der Waals surface area contributed by atoms with Gasteiger partial charge in [0.25, 0.3) is 0 Å². The van der Waals surface area contributed by atoms with Crippen molar-refractivity contribution in [1.82, 2.24) is 15.1 Å². The second-order valence-electron chi connectivity index (χ2n) is 8.90. The number of likely N-dealkylation sites (tertiary alicyclic amines) is 1. The Morgan fingerprint density at radius 1 is 0.889 bits per heavy atom. The molecule has 3 aromatic carbocycles. The van der Waals surface area contributed by atoms with Crippen molar-refractivity contribution in [1.29, 1.82) is 0 Å². The number of aromatic nitrogens is 2. The average Bonchev–Trinajstić information content (AvgIpc) is 3.40. The molecule has 0 spiro atoms.